The molecular formula is C30H48O. The molecule has 31 heavy (non-hydrogen) atoms. The van der Waals surface area contributed by atoms with Crippen LogP contribution in [0.15, 0.2) is 11.6 Å². The van der Waals surface area contributed by atoms with Crippen molar-refractivity contribution in [3.05, 3.63) is 11.6 Å². The Morgan fingerprint density at radius 2 is 1.58 bits per heavy atom. The minimum absolute atomic E-state index is 0.207. The first kappa shape index (κ1) is 22.2. The lowest BCUT2D eigenvalue weighted by Gasteiger charge is -2.68. The maximum absolute atomic E-state index is 13.3. The zero-order valence-corrected chi connectivity index (χ0v) is 21.7. The number of rotatable bonds is 1. The Kier molecular flexibility index (Phi) is 4.66. The first-order valence-electron chi connectivity index (χ1n) is 13.5. The molecule has 0 bridgehead atoms. The van der Waals surface area contributed by atoms with Crippen molar-refractivity contribution < 1.29 is 4.79 Å². The van der Waals surface area contributed by atoms with E-state index in [1.165, 1.54) is 51.4 Å². The zero-order valence-electron chi connectivity index (χ0n) is 21.7. The second-order valence-corrected chi connectivity index (χ2v) is 14.6. The average Bonchev–Trinajstić information content (AvgIpc) is 2.94. The highest BCUT2D eigenvalue weighted by molar-refractivity contribution is 5.85. The molecule has 0 aromatic heterocycles. The molecule has 0 heterocycles. The fourth-order valence-electron chi connectivity index (χ4n) is 11.1. The first-order valence-corrected chi connectivity index (χ1v) is 13.5. The lowest BCUT2D eigenvalue weighted by molar-refractivity contribution is -0.156. The summed E-state index contributed by atoms with van der Waals surface area (Å²) in [6.07, 6.45) is 14.4. The molecule has 174 valence electrons. The summed E-state index contributed by atoms with van der Waals surface area (Å²) in [4.78, 5) is 13.3. The van der Waals surface area contributed by atoms with Crippen LogP contribution in [0.1, 0.15) is 113 Å². The van der Waals surface area contributed by atoms with Crippen molar-refractivity contribution >= 4 is 5.78 Å². The molecule has 1 heteroatoms. The van der Waals surface area contributed by atoms with Crippen molar-refractivity contribution in [3.8, 4) is 0 Å². The quantitative estimate of drug-likeness (QED) is 0.387. The van der Waals surface area contributed by atoms with Crippen LogP contribution in [-0.2, 0) is 4.79 Å². The molecule has 0 amide bonds. The highest BCUT2D eigenvalue weighted by atomic mass is 16.1. The first-order chi connectivity index (χ1) is 14.3. The van der Waals surface area contributed by atoms with Gasteiger partial charge in [0.1, 0.15) is 5.78 Å². The molecule has 0 saturated heterocycles. The molecule has 5 rings (SSSR count). The van der Waals surface area contributed by atoms with E-state index in [1.807, 2.05) is 5.57 Å². The van der Waals surface area contributed by atoms with Gasteiger partial charge in [-0.25, -0.2) is 0 Å². The van der Waals surface area contributed by atoms with E-state index in [0.29, 0.717) is 33.9 Å². The van der Waals surface area contributed by atoms with Gasteiger partial charge in [0, 0.05) is 12.3 Å². The van der Waals surface area contributed by atoms with Gasteiger partial charge in [0.2, 0.25) is 0 Å². The van der Waals surface area contributed by atoms with Crippen molar-refractivity contribution in [2.24, 2.45) is 56.7 Å². The molecule has 0 unspecified atom stereocenters. The number of carbonyl (C=O) groups excluding carboxylic acids is 1. The van der Waals surface area contributed by atoms with Gasteiger partial charge in [-0.3, -0.25) is 4.79 Å². The van der Waals surface area contributed by atoms with Gasteiger partial charge < -0.3 is 0 Å². The van der Waals surface area contributed by atoms with Crippen molar-refractivity contribution in [1.29, 1.82) is 0 Å². The molecule has 0 N–H and O–H groups in total. The van der Waals surface area contributed by atoms with E-state index in [9.17, 15) is 4.79 Å². The third-order valence-corrected chi connectivity index (χ3v) is 12.7. The molecule has 0 aromatic rings. The predicted molar refractivity (Wildman–Crippen MR) is 130 cm³/mol. The highest BCUT2D eigenvalue weighted by Gasteiger charge is 2.69. The summed E-state index contributed by atoms with van der Waals surface area (Å²) in [7, 11) is 0. The van der Waals surface area contributed by atoms with E-state index in [-0.39, 0.29) is 16.7 Å². The van der Waals surface area contributed by atoms with Crippen LogP contribution in [0.4, 0.5) is 0 Å². The minimum Gasteiger partial charge on any atom is -0.299 e. The lowest BCUT2D eigenvalue weighted by atomic mass is 9.36. The molecule has 0 spiro atoms. The maximum atomic E-state index is 13.3. The van der Waals surface area contributed by atoms with Gasteiger partial charge in [-0.15, -0.1) is 0 Å². The van der Waals surface area contributed by atoms with Crippen molar-refractivity contribution in [2.75, 3.05) is 0 Å². The maximum Gasteiger partial charge on any atom is 0.137 e. The topological polar surface area (TPSA) is 17.1 Å². The fourth-order valence-corrected chi connectivity index (χ4v) is 11.1. The molecule has 0 radical (unpaired) electrons. The van der Waals surface area contributed by atoms with E-state index >= 15 is 0 Å². The molecule has 5 aliphatic carbocycles. The highest BCUT2D eigenvalue weighted by Crippen LogP contribution is 2.75. The standard InChI is InChI=1S/C30H48O/c1-19(2)25-22(31)18-24-28(25,6)16-17-29(7)21-10-11-23-26(3,4)13-9-14-27(23,5)20(21)12-15-30(24,29)8/h12,19,21,23-25H,9-11,13-18H2,1-8H3/t21-,23-,24+,25-,27+,28-,29+,30-/m0/s1. The molecule has 4 fully saturated rings. The fraction of sp³-hybridized carbons (Fsp3) is 0.900. The normalized spacial score (nSPS) is 53.3. The lowest BCUT2D eigenvalue weighted by Crippen LogP contribution is -2.61. The van der Waals surface area contributed by atoms with Gasteiger partial charge >= 0.3 is 0 Å². The van der Waals surface area contributed by atoms with Crippen molar-refractivity contribution in [1.82, 2.24) is 0 Å². The summed E-state index contributed by atoms with van der Waals surface area (Å²) in [6, 6.07) is 0. The smallest absolute Gasteiger partial charge is 0.137 e. The molecule has 0 aliphatic heterocycles. The number of hydrogen-bond acceptors (Lipinski definition) is 1. The second kappa shape index (κ2) is 6.50. The summed E-state index contributed by atoms with van der Waals surface area (Å²) in [6.45, 7) is 20.1. The monoisotopic (exact) mass is 424 g/mol. The Hall–Kier alpha value is -0.590. The summed E-state index contributed by atoms with van der Waals surface area (Å²) in [5.74, 6) is 3.47. The summed E-state index contributed by atoms with van der Waals surface area (Å²) in [5.41, 5.74) is 3.56. The SMILES string of the molecule is CC(C)[C@H]1C(=O)C[C@@H]2[C@]1(C)CC[C@]1(C)[C@H]3CC[C@H]4C(C)(C)CCC[C@]4(C)C3=CC[C@@]21C. The number of Topliss-reactive ketones (excluding diaryl/α,β-unsaturated/α-hetero) is 1. The van der Waals surface area contributed by atoms with Gasteiger partial charge in [0.25, 0.3) is 0 Å². The second-order valence-electron chi connectivity index (χ2n) is 14.6. The van der Waals surface area contributed by atoms with Crippen LogP contribution in [0.5, 0.6) is 0 Å². The van der Waals surface area contributed by atoms with Crippen molar-refractivity contribution in [3.63, 3.8) is 0 Å². The van der Waals surface area contributed by atoms with Crippen LogP contribution in [0.25, 0.3) is 0 Å². The average molecular weight is 425 g/mol. The van der Waals surface area contributed by atoms with Crippen LogP contribution in [0.2, 0.25) is 0 Å². The van der Waals surface area contributed by atoms with E-state index in [4.69, 9.17) is 0 Å². The molecule has 5 aliphatic rings. The largest absolute Gasteiger partial charge is 0.299 e. The third-order valence-electron chi connectivity index (χ3n) is 12.7. The summed E-state index contributed by atoms with van der Waals surface area (Å²) < 4.78 is 0. The number of hydrogen-bond donors (Lipinski definition) is 0. The number of fused-ring (bicyclic) bond motifs is 7. The van der Waals surface area contributed by atoms with E-state index in [0.717, 1.165) is 18.3 Å². The van der Waals surface area contributed by atoms with Crippen LogP contribution < -0.4 is 0 Å². The third kappa shape index (κ3) is 2.59. The van der Waals surface area contributed by atoms with E-state index in [2.05, 4.69) is 61.5 Å². The summed E-state index contributed by atoms with van der Waals surface area (Å²) >= 11 is 0. The Morgan fingerprint density at radius 1 is 0.871 bits per heavy atom. The number of carbonyl (C=O) groups is 1. The molecule has 1 nitrogen and oxygen atoms in total. The molecule has 4 saturated carbocycles. The van der Waals surface area contributed by atoms with Gasteiger partial charge in [0.05, 0.1) is 0 Å². The van der Waals surface area contributed by atoms with Gasteiger partial charge in [-0.05, 0) is 95.7 Å². The van der Waals surface area contributed by atoms with Crippen LogP contribution in [0.3, 0.4) is 0 Å². The number of ketones is 1. The van der Waals surface area contributed by atoms with Crippen molar-refractivity contribution in [2.45, 2.75) is 113 Å². The molecule has 8 atom stereocenters. The van der Waals surface area contributed by atoms with Gasteiger partial charge in [-0.1, -0.05) is 73.5 Å². The van der Waals surface area contributed by atoms with E-state index < -0.39 is 0 Å². The van der Waals surface area contributed by atoms with Crippen LogP contribution in [-0.4, -0.2) is 5.78 Å². The van der Waals surface area contributed by atoms with Gasteiger partial charge in [0.15, 0.2) is 0 Å². The predicted octanol–water partition coefficient (Wildman–Crippen LogP) is 8.23. The Bertz CT molecular complexity index is 818. The van der Waals surface area contributed by atoms with Gasteiger partial charge in [-0.2, -0.15) is 0 Å². The Morgan fingerprint density at radius 3 is 2.26 bits per heavy atom. The van der Waals surface area contributed by atoms with E-state index in [1.54, 1.807) is 0 Å². The molecule has 0 aromatic carbocycles. The zero-order chi connectivity index (χ0) is 22.6. The minimum atomic E-state index is 0.207. The Balaban J connectivity index is 1.58. The number of allylic oxidation sites excluding steroid dienone is 2. The Labute approximate surface area is 192 Å². The van der Waals surface area contributed by atoms with Crippen LogP contribution >= 0.6 is 0 Å². The van der Waals surface area contributed by atoms with Crippen LogP contribution in [0, 0.1) is 56.7 Å². The molecular weight excluding hydrogens is 376 g/mol. The summed E-state index contributed by atoms with van der Waals surface area (Å²) in [5, 5.41) is 0.